The highest BCUT2D eigenvalue weighted by Gasteiger charge is 2.10. The third kappa shape index (κ3) is 6.85. The number of hydrogen-bond acceptors (Lipinski definition) is 2. The van der Waals surface area contributed by atoms with Gasteiger partial charge in [0.2, 0.25) is 0 Å². The molecule has 2 N–H and O–H groups in total. The highest BCUT2D eigenvalue weighted by atomic mass is 32.1. The highest BCUT2D eigenvalue weighted by molar-refractivity contribution is 7.51. The first-order valence-corrected chi connectivity index (χ1v) is 7.87. The molecule has 5 heteroatoms. The lowest BCUT2D eigenvalue weighted by molar-refractivity contribution is 0.370. The molecule has 0 saturated heterocycles. The first-order valence-electron chi connectivity index (χ1n) is 5.13. The van der Waals surface area contributed by atoms with Crippen molar-refractivity contribution < 1.29 is 14.4 Å². The van der Waals surface area contributed by atoms with Gasteiger partial charge in [-0.25, -0.2) is 0 Å². The zero-order valence-corrected chi connectivity index (χ0v) is 10.3. The third-order valence-corrected chi connectivity index (χ3v) is 3.88. The molecule has 0 radical (unpaired) electrons. The molecule has 1 rings (SSSR count). The summed E-state index contributed by atoms with van der Waals surface area (Å²) < 4.78 is 10.5. The van der Waals surface area contributed by atoms with E-state index in [2.05, 4.69) is 16.8 Å². The van der Waals surface area contributed by atoms with E-state index in [-0.39, 0.29) is 6.16 Å². The summed E-state index contributed by atoms with van der Waals surface area (Å²) in [6.07, 6.45) is 4.82. The van der Waals surface area contributed by atoms with E-state index in [1.54, 1.807) is 11.3 Å². The summed E-state index contributed by atoms with van der Waals surface area (Å²) in [6, 6.07) is 2.13. The van der Waals surface area contributed by atoms with E-state index >= 15 is 0 Å². The summed E-state index contributed by atoms with van der Waals surface area (Å²) >= 11 is 1.71. The fourth-order valence-corrected chi connectivity index (χ4v) is 2.77. The molecule has 86 valence electrons. The van der Waals surface area contributed by atoms with Gasteiger partial charge in [0.15, 0.2) is 0 Å². The first-order chi connectivity index (χ1) is 7.08. The molecule has 1 aromatic rings. The SMILES string of the molecule is O=P(O)(O)CCCCCCc1ccsc1. The summed E-state index contributed by atoms with van der Waals surface area (Å²) in [5.41, 5.74) is 1.37. The van der Waals surface area contributed by atoms with Gasteiger partial charge in [-0.3, -0.25) is 4.57 Å². The second-order valence-corrected chi connectivity index (χ2v) is 6.24. The van der Waals surface area contributed by atoms with Crippen molar-refractivity contribution in [3.63, 3.8) is 0 Å². The van der Waals surface area contributed by atoms with E-state index in [1.807, 2.05) is 0 Å². The Labute approximate surface area is 94.3 Å². The van der Waals surface area contributed by atoms with Crippen LogP contribution in [-0.4, -0.2) is 15.9 Å². The normalized spacial score (nSPS) is 11.9. The van der Waals surface area contributed by atoms with Crippen molar-refractivity contribution in [3.8, 4) is 0 Å². The topological polar surface area (TPSA) is 57.5 Å². The molecule has 15 heavy (non-hydrogen) atoms. The predicted molar refractivity (Wildman–Crippen MR) is 63.4 cm³/mol. The van der Waals surface area contributed by atoms with Crippen LogP contribution in [0.1, 0.15) is 31.2 Å². The first kappa shape index (κ1) is 12.9. The van der Waals surface area contributed by atoms with Crippen LogP contribution in [0.3, 0.4) is 0 Å². The molecule has 1 aromatic heterocycles. The highest BCUT2D eigenvalue weighted by Crippen LogP contribution is 2.35. The molecular formula is C10H17O3PS. The molecule has 0 aromatic carbocycles. The van der Waals surface area contributed by atoms with Gasteiger partial charge in [-0.1, -0.05) is 12.8 Å². The van der Waals surface area contributed by atoms with Gasteiger partial charge < -0.3 is 9.79 Å². The smallest absolute Gasteiger partial charge is 0.324 e. The summed E-state index contributed by atoms with van der Waals surface area (Å²) in [5.74, 6) is 0. The summed E-state index contributed by atoms with van der Waals surface area (Å²) in [6.45, 7) is 0. The van der Waals surface area contributed by atoms with Gasteiger partial charge in [0.1, 0.15) is 0 Å². The number of hydrogen-bond donors (Lipinski definition) is 2. The fraction of sp³-hybridized carbons (Fsp3) is 0.600. The van der Waals surface area contributed by atoms with E-state index in [9.17, 15) is 4.57 Å². The molecule has 0 bridgehead atoms. The minimum atomic E-state index is -3.76. The quantitative estimate of drug-likeness (QED) is 0.576. The van der Waals surface area contributed by atoms with Gasteiger partial charge in [0, 0.05) is 6.16 Å². The van der Waals surface area contributed by atoms with Gasteiger partial charge in [0.05, 0.1) is 0 Å². The molecule has 0 aliphatic rings. The number of rotatable bonds is 7. The minimum Gasteiger partial charge on any atom is -0.324 e. The molecule has 1 heterocycles. The zero-order valence-electron chi connectivity index (χ0n) is 8.63. The lowest BCUT2D eigenvalue weighted by atomic mass is 10.1. The van der Waals surface area contributed by atoms with Crippen molar-refractivity contribution in [2.24, 2.45) is 0 Å². The minimum absolute atomic E-state index is 0.0332. The molecular weight excluding hydrogens is 231 g/mol. The van der Waals surface area contributed by atoms with Gasteiger partial charge in [-0.15, -0.1) is 0 Å². The Hall–Kier alpha value is -0.150. The van der Waals surface area contributed by atoms with Gasteiger partial charge in [-0.2, -0.15) is 11.3 Å². The fourth-order valence-electron chi connectivity index (χ4n) is 1.44. The molecule has 0 aliphatic carbocycles. The monoisotopic (exact) mass is 248 g/mol. The Balaban J connectivity index is 1.96. The van der Waals surface area contributed by atoms with E-state index in [0.29, 0.717) is 6.42 Å². The molecule has 0 fully saturated rings. The second-order valence-electron chi connectivity index (χ2n) is 3.68. The third-order valence-electron chi connectivity index (χ3n) is 2.24. The van der Waals surface area contributed by atoms with Crippen LogP contribution in [0, 0.1) is 0 Å². The Bertz CT molecular complexity index is 304. The molecule has 0 saturated carbocycles. The van der Waals surface area contributed by atoms with Crippen LogP contribution < -0.4 is 0 Å². The van der Waals surface area contributed by atoms with Crippen molar-refractivity contribution in [1.29, 1.82) is 0 Å². The summed E-state index contributed by atoms with van der Waals surface area (Å²) in [7, 11) is -3.76. The van der Waals surface area contributed by atoms with E-state index < -0.39 is 7.60 Å². The lowest BCUT2D eigenvalue weighted by Crippen LogP contribution is -1.89. The molecule has 0 unspecified atom stereocenters. The van der Waals surface area contributed by atoms with Crippen LogP contribution in [0.5, 0.6) is 0 Å². The van der Waals surface area contributed by atoms with Crippen molar-refractivity contribution in [3.05, 3.63) is 22.4 Å². The van der Waals surface area contributed by atoms with Crippen LogP contribution >= 0.6 is 18.9 Å². The van der Waals surface area contributed by atoms with E-state index in [1.165, 1.54) is 5.56 Å². The molecule has 0 atom stereocenters. The van der Waals surface area contributed by atoms with Crippen LogP contribution in [-0.2, 0) is 11.0 Å². The zero-order chi connectivity index (χ0) is 11.1. The van der Waals surface area contributed by atoms with Crippen LogP contribution in [0.4, 0.5) is 0 Å². The average Bonchev–Trinajstić information content (AvgIpc) is 2.61. The lowest BCUT2D eigenvalue weighted by Gasteiger charge is -2.03. The molecule has 0 aliphatic heterocycles. The Morgan fingerprint density at radius 1 is 1.20 bits per heavy atom. The standard InChI is InChI=1S/C10H17O3PS/c11-14(12,13)7-4-2-1-3-5-10-6-8-15-9-10/h6,8-9H,1-5,7H2,(H2,11,12,13). The average molecular weight is 248 g/mol. The molecule has 0 spiro atoms. The van der Waals surface area contributed by atoms with Gasteiger partial charge >= 0.3 is 7.60 Å². The Morgan fingerprint density at radius 2 is 1.93 bits per heavy atom. The van der Waals surface area contributed by atoms with Crippen LogP contribution in [0.2, 0.25) is 0 Å². The molecule has 3 nitrogen and oxygen atoms in total. The van der Waals surface area contributed by atoms with Crippen molar-refractivity contribution in [2.45, 2.75) is 32.1 Å². The van der Waals surface area contributed by atoms with Crippen LogP contribution in [0.25, 0.3) is 0 Å². The summed E-state index contributed by atoms with van der Waals surface area (Å²) in [4.78, 5) is 17.3. The Morgan fingerprint density at radius 3 is 2.53 bits per heavy atom. The maximum atomic E-state index is 10.5. The van der Waals surface area contributed by atoms with E-state index in [0.717, 1.165) is 25.7 Å². The van der Waals surface area contributed by atoms with Crippen LogP contribution in [0.15, 0.2) is 16.8 Å². The number of thiophene rings is 1. The maximum Gasteiger partial charge on any atom is 0.325 e. The summed E-state index contributed by atoms with van der Waals surface area (Å²) in [5, 5.41) is 4.22. The van der Waals surface area contributed by atoms with Crippen molar-refractivity contribution in [2.75, 3.05) is 6.16 Å². The molecule has 0 amide bonds. The number of aryl methyl sites for hydroxylation is 1. The van der Waals surface area contributed by atoms with Gasteiger partial charge in [0.25, 0.3) is 0 Å². The largest absolute Gasteiger partial charge is 0.325 e. The Kier molecular flexibility index (Phi) is 5.54. The second kappa shape index (κ2) is 6.44. The van der Waals surface area contributed by atoms with E-state index in [4.69, 9.17) is 9.79 Å². The number of unbranched alkanes of at least 4 members (excludes halogenated alkanes) is 3. The maximum absolute atomic E-state index is 10.5. The van der Waals surface area contributed by atoms with Crippen molar-refractivity contribution >= 4 is 18.9 Å². The predicted octanol–water partition coefficient (Wildman–Crippen LogP) is 3.03. The van der Waals surface area contributed by atoms with Crippen molar-refractivity contribution in [1.82, 2.24) is 0 Å². The van der Waals surface area contributed by atoms with Gasteiger partial charge in [-0.05, 0) is 41.7 Å².